The molecule has 0 spiro atoms. The summed E-state index contributed by atoms with van der Waals surface area (Å²) in [7, 11) is -3.72. The van der Waals surface area contributed by atoms with Gasteiger partial charge in [0.25, 0.3) is 5.91 Å². The summed E-state index contributed by atoms with van der Waals surface area (Å²) in [6.07, 6.45) is 3.58. The molecular formula is C23H28FN5O3S. The van der Waals surface area contributed by atoms with E-state index in [1.54, 1.807) is 17.2 Å². The van der Waals surface area contributed by atoms with Crippen molar-refractivity contribution in [2.75, 3.05) is 39.3 Å². The van der Waals surface area contributed by atoms with Crippen molar-refractivity contribution in [3.8, 4) is 0 Å². The molecule has 33 heavy (non-hydrogen) atoms. The summed E-state index contributed by atoms with van der Waals surface area (Å²) >= 11 is 0. The van der Waals surface area contributed by atoms with Gasteiger partial charge < -0.3 is 10.2 Å². The number of hydrogen-bond donors (Lipinski definition) is 1. The average molecular weight is 474 g/mol. The van der Waals surface area contributed by atoms with Gasteiger partial charge in [-0.25, -0.2) is 12.8 Å². The van der Waals surface area contributed by atoms with E-state index in [0.29, 0.717) is 11.6 Å². The maximum Gasteiger partial charge on any atom is 0.255 e. The van der Waals surface area contributed by atoms with E-state index in [0.717, 1.165) is 49.5 Å². The molecule has 3 heterocycles. The van der Waals surface area contributed by atoms with Gasteiger partial charge in [-0.2, -0.15) is 4.31 Å². The van der Waals surface area contributed by atoms with Crippen molar-refractivity contribution in [2.45, 2.75) is 30.7 Å². The molecule has 1 aromatic heterocycles. The third-order valence-electron chi connectivity index (χ3n) is 6.04. The number of sulfonamides is 1. The highest BCUT2D eigenvalue weighted by Gasteiger charge is 2.30. The van der Waals surface area contributed by atoms with Gasteiger partial charge in [-0.15, -0.1) is 0 Å². The van der Waals surface area contributed by atoms with Crippen molar-refractivity contribution >= 4 is 21.6 Å². The van der Waals surface area contributed by atoms with Crippen LogP contribution in [0.3, 0.4) is 0 Å². The van der Waals surface area contributed by atoms with Crippen LogP contribution in [-0.4, -0.2) is 79.5 Å². The molecule has 10 heteroatoms. The first kappa shape index (κ1) is 23.5. The summed E-state index contributed by atoms with van der Waals surface area (Å²) in [5.74, 6) is -0.669. The number of piperazine rings is 1. The molecule has 2 aromatic rings. The third-order valence-corrected chi connectivity index (χ3v) is 7.96. The van der Waals surface area contributed by atoms with E-state index in [2.05, 4.69) is 10.3 Å². The van der Waals surface area contributed by atoms with Crippen molar-refractivity contribution in [3.05, 3.63) is 59.7 Å². The van der Waals surface area contributed by atoms with Crippen molar-refractivity contribution < 1.29 is 17.6 Å². The zero-order chi connectivity index (χ0) is 23.4. The molecule has 4 rings (SSSR count). The van der Waals surface area contributed by atoms with Crippen molar-refractivity contribution in [1.82, 2.24) is 19.5 Å². The smallest absolute Gasteiger partial charge is 0.255 e. The van der Waals surface area contributed by atoms with Gasteiger partial charge in [-0.1, -0.05) is 0 Å². The predicted molar refractivity (Wildman–Crippen MR) is 123 cm³/mol. The van der Waals surface area contributed by atoms with Gasteiger partial charge in [-0.3, -0.25) is 14.8 Å². The Morgan fingerprint density at radius 1 is 1.06 bits per heavy atom. The lowest BCUT2D eigenvalue weighted by molar-refractivity contribution is 0.0697. The second-order valence-electron chi connectivity index (χ2n) is 8.28. The van der Waals surface area contributed by atoms with E-state index in [9.17, 15) is 17.6 Å². The normalized spacial score (nSPS) is 19.0. The van der Waals surface area contributed by atoms with Crippen LogP contribution in [0.1, 0.15) is 35.8 Å². The van der Waals surface area contributed by atoms with Crippen LogP contribution in [0, 0.1) is 5.82 Å². The second kappa shape index (κ2) is 10.1. The molecule has 0 radical (unpaired) electrons. The van der Waals surface area contributed by atoms with Crippen LogP contribution >= 0.6 is 0 Å². The number of hydrogen-bond acceptors (Lipinski definition) is 6. The second-order valence-corrected chi connectivity index (χ2v) is 10.2. The van der Waals surface area contributed by atoms with Gasteiger partial charge >= 0.3 is 0 Å². The molecule has 8 nitrogen and oxygen atoms in total. The molecule has 2 aliphatic heterocycles. The van der Waals surface area contributed by atoms with Gasteiger partial charge in [0.1, 0.15) is 5.82 Å². The number of amides is 1. The first-order chi connectivity index (χ1) is 15.8. The third kappa shape index (κ3) is 5.45. The molecule has 1 amide bonds. The minimum Gasteiger partial charge on any atom is -0.336 e. The van der Waals surface area contributed by atoms with Gasteiger partial charge in [0.15, 0.2) is 0 Å². The summed E-state index contributed by atoms with van der Waals surface area (Å²) in [5, 5.41) is 3.32. The molecule has 2 saturated heterocycles. The minimum absolute atomic E-state index is 0.0463. The Labute approximate surface area is 193 Å². The van der Waals surface area contributed by atoms with Gasteiger partial charge in [0.05, 0.1) is 27.9 Å². The number of halogens is 1. The lowest BCUT2D eigenvalue weighted by Gasteiger charge is -2.34. The first-order valence-electron chi connectivity index (χ1n) is 11.1. The van der Waals surface area contributed by atoms with Gasteiger partial charge in [0, 0.05) is 32.4 Å². The van der Waals surface area contributed by atoms with Crippen LogP contribution in [0.2, 0.25) is 0 Å². The molecule has 0 aliphatic carbocycles. The van der Waals surface area contributed by atoms with E-state index in [1.807, 2.05) is 13.0 Å². The molecule has 2 aliphatic rings. The van der Waals surface area contributed by atoms with E-state index in [-0.39, 0.29) is 37.0 Å². The Hall–Kier alpha value is -2.69. The molecule has 2 fully saturated rings. The quantitative estimate of drug-likeness (QED) is 0.670. The Morgan fingerprint density at radius 3 is 2.33 bits per heavy atom. The number of rotatable bonds is 5. The maximum absolute atomic E-state index is 13.1. The fourth-order valence-electron chi connectivity index (χ4n) is 4.08. The summed E-state index contributed by atoms with van der Waals surface area (Å²) in [6.45, 7) is 4.79. The molecule has 0 unspecified atom stereocenters. The standard InChI is InChI=1S/C23H28FN5O3S/c1-17(27-20-8-10-25-11-9-20)22-7-2-18(16-26-22)23(30)28-12-14-29(15-13-28)33(31,32)21-5-3-19(24)4-6-21/h2-7,16,20,25H,8-15H2,1H3. The van der Waals surface area contributed by atoms with E-state index < -0.39 is 15.8 Å². The average Bonchev–Trinajstić information content (AvgIpc) is 2.84. The Bertz CT molecular complexity index is 1110. The summed E-state index contributed by atoms with van der Waals surface area (Å²) < 4.78 is 40.0. The first-order valence-corrected chi connectivity index (χ1v) is 12.5. The van der Waals surface area contributed by atoms with Crippen LogP contribution in [0.15, 0.2) is 52.5 Å². The van der Waals surface area contributed by atoms with Crippen LogP contribution in [-0.2, 0) is 10.0 Å². The molecule has 1 N–H and O–H groups in total. The molecular weight excluding hydrogens is 445 g/mol. The van der Waals surface area contributed by atoms with Crippen LogP contribution in [0.25, 0.3) is 0 Å². The molecule has 0 saturated carbocycles. The summed E-state index contributed by atoms with van der Waals surface area (Å²) in [5.41, 5.74) is 2.07. The Kier molecular flexibility index (Phi) is 7.16. The predicted octanol–water partition coefficient (Wildman–Crippen LogP) is 1.93. The fraction of sp³-hybridized carbons (Fsp3) is 0.435. The highest BCUT2D eigenvalue weighted by molar-refractivity contribution is 7.89. The zero-order valence-electron chi connectivity index (χ0n) is 18.6. The van der Waals surface area contributed by atoms with Crippen LogP contribution in [0.5, 0.6) is 0 Å². The molecule has 1 aromatic carbocycles. The lowest BCUT2D eigenvalue weighted by atomic mass is 10.1. The molecule has 0 atom stereocenters. The lowest BCUT2D eigenvalue weighted by Crippen LogP contribution is -2.50. The van der Waals surface area contributed by atoms with Gasteiger partial charge in [-0.05, 0) is 69.3 Å². The van der Waals surface area contributed by atoms with Gasteiger partial charge in [0.2, 0.25) is 10.0 Å². The fourth-order valence-corrected chi connectivity index (χ4v) is 5.50. The number of aromatic nitrogens is 1. The topological polar surface area (TPSA) is 95.0 Å². The highest BCUT2D eigenvalue weighted by Crippen LogP contribution is 2.19. The number of nitrogens with one attached hydrogen (secondary N) is 1. The number of carbonyl (C=O) groups excluding carboxylic acids is 1. The van der Waals surface area contributed by atoms with E-state index in [1.165, 1.54) is 16.4 Å². The Morgan fingerprint density at radius 2 is 1.73 bits per heavy atom. The largest absolute Gasteiger partial charge is 0.336 e. The monoisotopic (exact) mass is 473 g/mol. The number of pyridine rings is 1. The minimum atomic E-state index is -3.72. The highest BCUT2D eigenvalue weighted by atomic mass is 32.2. The number of benzene rings is 1. The number of piperidine rings is 1. The van der Waals surface area contributed by atoms with Crippen molar-refractivity contribution in [2.24, 2.45) is 4.99 Å². The van der Waals surface area contributed by atoms with E-state index >= 15 is 0 Å². The summed E-state index contributed by atoms with van der Waals surface area (Å²) in [4.78, 5) is 23.8. The SMILES string of the molecule is CC(=NC1CCNCC1)c1ccc(C(=O)N2CCN(S(=O)(=O)c3ccc(F)cc3)CC2)cn1. The Balaban J connectivity index is 1.36. The number of nitrogens with zero attached hydrogens (tertiary/aromatic N) is 4. The molecule has 0 bridgehead atoms. The maximum atomic E-state index is 13.1. The van der Waals surface area contributed by atoms with Crippen LogP contribution in [0.4, 0.5) is 4.39 Å². The number of carbonyl (C=O) groups is 1. The van der Waals surface area contributed by atoms with Crippen LogP contribution < -0.4 is 5.32 Å². The van der Waals surface area contributed by atoms with Crippen molar-refractivity contribution in [1.29, 1.82) is 0 Å². The molecule has 176 valence electrons. The van der Waals surface area contributed by atoms with Crippen molar-refractivity contribution in [3.63, 3.8) is 0 Å². The summed E-state index contributed by atoms with van der Waals surface area (Å²) in [6, 6.07) is 8.62. The number of aliphatic imine (C=N–C) groups is 1. The zero-order valence-corrected chi connectivity index (χ0v) is 19.4. The van der Waals surface area contributed by atoms with E-state index in [4.69, 9.17) is 4.99 Å².